The first-order valence-corrected chi connectivity index (χ1v) is 5.75. The van der Waals surface area contributed by atoms with Crippen LogP contribution in [-0.4, -0.2) is 42.1 Å². The van der Waals surface area contributed by atoms with Gasteiger partial charge >= 0.3 is 18.1 Å². The van der Waals surface area contributed by atoms with Crippen LogP contribution >= 0.6 is 0 Å². The molecule has 1 heterocycles. The van der Waals surface area contributed by atoms with Crippen LogP contribution in [0.3, 0.4) is 0 Å². The average molecular weight is 267 g/mol. The van der Waals surface area contributed by atoms with E-state index in [1.807, 2.05) is 6.92 Å². The van der Waals surface area contributed by atoms with Crippen molar-refractivity contribution >= 4 is 11.9 Å². The topological polar surface area (TPSA) is 46.6 Å². The van der Waals surface area contributed by atoms with E-state index in [-0.39, 0.29) is 12.0 Å². The van der Waals surface area contributed by atoms with Crippen LogP contribution in [-0.2, 0) is 14.3 Å². The van der Waals surface area contributed by atoms with E-state index in [0.717, 1.165) is 12.8 Å². The smallest absolute Gasteiger partial charge is 0.422 e. The number of likely N-dealkylation sites (tertiary alicyclic amines) is 1. The van der Waals surface area contributed by atoms with E-state index in [9.17, 15) is 22.8 Å². The Labute approximate surface area is 103 Å². The van der Waals surface area contributed by atoms with E-state index >= 15 is 0 Å². The molecule has 0 aromatic heterocycles. The Morgan fingerprint density at radius 3 is 2.44 bits per heavy atom. The quantitative estimate of drug-likeness (QED) is 0.537. The predicted molar refractivity (Wildman–Crippen MR) is 56.6 cm³/mol. The maximum atomic E-state index is 11.9. The Morgan fingerprint density at radius 1 is 1.28 bits per heavy atom. The number of amides is 1. The summed E-state index contributed by atoms with van der Waals surface area (Å²) in [7, 11) is 0. The zero-order valence-corrected chi connectivity index (χ0v) is 10.3. The fourth-order valence-corrected chi connectivity index (χ4v) is 1.90. The molecule has 18 heavy (non-hydrogen) atoms. The highest BCUT2D eigenvalue weighted by Gasteiger charge is 2.35. The number of carbonyl (C=O) groups excluding carboxylic acids is 2. The second kappa shape index (κ2) is 5.58. The molecular weight excluding hydrogens is 251 g/mol. The van der Waals surface area contributed by atoms with Crippen LogP contribution in [0.2, 0.25) is 0 Å². The number of rotatable bonds is 1. The second-order valence-electron chi connectivity index (χ2n) is 4.68. The van der Waals surface area contributed by atoms with Crippen LogP contribution in [0.4, 0.5) is 13.2 Å². The lowest BCUT2D eigenvalue weighted by Gasteiger charge is -2.35. The molecule has 0 aromatic carbocycles. The van der Waals surface area contributed by atoms with Crippen molar-refractivity contribution in [1.29, 1.82) is 0 Å². The molecule has 0 aliphatic carbocycles. The number of alkyl halides is 3. The maximum absolute atomic E-state index is 11.9. The Morgan fingerprint density at radius 2 is 1.89 bits per heavy atom. The summed E-state index contributed by atoms with van der Waals surface area (Å²) in [5, 5.41) is 0. The third-order valence-corrected chi connectivity index (χ3v) is 2.92. The largest absolute Gasteiger partial charge is 0.449 e. The van der Waals surface area contributed by atoms with Crippen LogP contribution in [0.5, 0.6) is 0 Å². The average Bonchev–Trinajstić information content (AvgIpc) is 2.27. The van der Waals surface area contributed by atoms with Gasteiger partial charge in [-0.05, 0) is 25.7 Å². The maximum Gasteiger partial charge on any atom is 0.422 e. The van der Waals surface area contributed by atoms with Gasteiger partial charge in [0.25, 0.3) is 0 Å². The molecule has 1 saturated heterocycles. The van der Waals surface area contributed by atoms with Crippen molar-refractivity contribution < 1.29 is 27.5 Å². The number of nitrogens with zero attached hydrogens (tertiary/aromatic N) is 1. The molecule has 1 aliphatic heterocycles. The van der Waals surface area contributed by atoms with Crippen LogP contribution < -0.4 is 0 Å². The van der Waals surface area contributed by atoms with E-state index in [2.05, 4.69) is 4.74 Å². The Balaban J connectivity index is 2.54. The summed E-state index contributed by atoms with van der Waals surface area (Å²) in [6, 6.07) is -0.146. The highest BCUT2D eigenvalue weighted by Crippen LogP contribution is 2.22. The second-order valence-corrected chi connectivity index (χ2v) is 4.68. The first kappa shape index (κ1) is 14.8. The Kier molecular flexibility index (Phi) is 4.59. The van der Waals surface area contributed by atoms with Gasteiger partial charge in [0.2, 0.25) is 0 Å². The summed E-state index contributed by atoms with van der Waals surface area (Å²) >= 11 is 0. The lowest BCUT2D eigenvalue weighted by Crippen LogP contribution is -2.48. The zero-order valence-electron chi connectivity index (χ0n) is 10.3. The number of halogens is 3. The molecule has 1 rings (SSSR count). The van der Waals surface area contributed by atoms with Gasteiger partial charge in [-0.3, -0.25) is 4.79 Å². The van der Waals surface area contributed by atoms with E-state index in [1.54, 1.807) is 6.92 Å². The third kappa shape index (κ3) is 4.19. The van der Waals surface area contributed by atoms with Crippen molar-refractivity contribution in [1.82, 2.24) is 4.90 Å². The van der Waals surface area contributed by atoms with E-state index in [4.69, 9.17) is 0 Å². The molecule has 0 N–H and O–H groups in total. The standard InChI is InChI=1S/C11H16F3NO3/c1-7-3-4-8(2)15(5-7)9(16)10(17)18-6-11(12,13)14/h7-8H,3-6H2,1-2H3/t7-,8-/m0/s1. The minimum Gasteiger partial charge on any atom is -0.449 e. The Hall–Kier alpha value is -1.27. The van der Waals surface area contributed by atoms with Gasteiger partial charge in [-0.2, -0.15) is 13.2 Å². The molecule has 0 saturated carbocycles. The van der Waals surface area contributed by atoms with Crippen molar-refractivity contribution in [2.45, 2.75) is 38.9 Å². The highest BCUT2D eigenvalue weighted by atomic mass is 19.4. The van der Waals surface area contributed by atoms with Gasteiger partial charge in [-0.1, -0.05) is 6.92 Å². The van der Waals surface area contributed by atoms with E-state index in [1.165, 1.54) is 4.90 Å². The summed E-state index contributed by atoms with van der Waals surface area (Å²) < 4.78 is 39.5. The molecule has 1 fully saturated rings. The molecule has 104 valence electrons. The SMILES string of the molecule is C[C@H]1CC[C@H](C)N(C(=O)C(=O)OCC(F)(F)F)C1. The van der Waals surface area contributed by atoms with E-state index in [0.29, 0.717) is 6.54 Å². The minimum atomic E-state index is -4.61. The number of carbonyl (C=O) groups is 2. The lowest BCUT2D eigenvalue weighted by molar-refractivity contribution is -0.190. The molecule has 0 unspecified atom stereocenters. The van der Waals surface area contributed by atoms with Crippen molar-refractivity contribution in [3.05, 3.63) is 0 Å². The summed E-state index contributed by atoms with van der Waals surface area (Å²) in [6.45, 7) is 2.34. The molecule has 0 radical (unpaired) electrons. The molecule has 0 bridgehead atoms. The van der Waals surface area contributed by atoms with Crippen molar-refractivity contribution in [2.75, 3.05) is 13.2 Å². The fourth-order valence-electron chi connectivity index (χ4n) is 1.90. The molecule has 1 amide bonds. The van der Waals surface area contributed by atoms with Crippen LogP contribution in [0.25, 0.3) is 0 Å². The molecule has 4 nitrogen and oxygen atoms in total. The van der Waals surface area contributed by atoms with E-state index < -0.39 is 24.7 Å². The van der Waals surface area contributed by atoms with Crippen LogP contribution in [0.1, 0.15) is 26.7 Å². The zero-order chi connectivity index (χ0) is 13.9. The monoisotopic (exact) mass is 267 g/mol. The van der Waals surface area contributed by atoms with Crippen molar-refractivity contribution in [3.63, 3.8) is 0 Å². The summed E-state index contributed by atoms with van der Waals surface area (Å²) in [5.74, 6) is -2.19. The van der Waals surface area contributed by atoms with Gasteiger partial charge in [0.15, 0.2) is 6.61 Å². The lowest BCUT2D eigenvalue weighted by atomic mass is 9.95. The predicted octanol–water partition coefficient (Wildman–Crippen LogP) is 1.74. The molecule has 1 aliphatic rings. The summed E-state index contributed by atoms with van der Waals surface area (Å²) in [5.41, 5.74) is 0. The van der Waals surface area contributed by atoms with Crippen LogP contribution in [0, 0.1) is 5.92 Å². The van der Waals surface area contributed by atoms with Crippen molar-refractivity contribution in [2.24, 2.45) is 5.92 Å². The van der Waals surface area contributed by atoms with Gasteiger partial charge in [-0.15, -0.1) is 0 Å². The van der Waals surface area contributed by atoms with Gasteiger partial charge in [-0.25, -0.2) is 4.79 Å². The fraction of sp³-hybridized carbons (Fsp3) is 0.818. The number of hydrogen-bond donors (Lipinski definition) is 0. The van der Waals surface area contributed by atoms with Gasteiger partial charge < -0.3 is 9.64 Å². The van der Waals surface area contributed by atoms with Gasteiger partial charge in [0, 0.05) is 12.6 Å². The molecule has 0 aromatic rings. The minimum absolute atomic E-state index is 0.146. The van der Waals surface area contributed by atoms with Gasteiger partial charge in [0.05, 0.1) is 0 Å². The number of hydrogen-bond acceptors (Lipinski definition) is 3. The first-order valence-electron chi connectivity index (χ1n) is 5.75. The normalized spacial score (nSPS) is 24.8. The molecule has 7 heteroatoms. The number of ether oxygens (including phenoxy) is 1. The summed E-state index contributed by atoms with van der Waals surface area (Å²) in [6.07, 6.45) is -2.95. The van der Waals surface area contributed by atoms with Crippen LogP contribution in [0.15, 0.2) is 0 Å². The Bertz CT molecular complexity index is 330. The van der Waals surface area contributed by atoms with Crippen molar-refractivity contribution in [3.8, 4) is 0 Å². The first-order chi connectivity index (χ1) is 8.20. The number of esters is 1. The third-order valence-electron chi connectivity index (χ3n) is 2.92. The molecule has 2 atom stereocenters. The highest BCUT2D eigenvalue weighted by molar-refractivity contribution is 6.32. The summed E-state index contributed by atoms with van der Waals surface area (Å²) in [4.78, 5) is 24.2. The molecule has 0 spiro atoms. The number of piperidine rings is 1. The van der Waals surface area contributed by atoms with Gasteiger partial charge in [0.1, 0.15) is 0 Å². The molecular formula is C11H16F3NO3.